The summed E-state index contributed by atoms with van der Waals surface area (Å²) in [5.41, 5.74) is 1.79. The largest absolute Gasteiger partial charge is 0.508 e. The molecule has 1 N–H and O–H groups in total. The highest BCUT2D eigenvalue weighted by atomic mass is 16.3. The molecule has 1 aromatic carbocycles. The number of benzene rings is 1. The van der Waals surface area contributed by atoms with E-state index in [2.05, 4.69) is 0 Å². The maximum Gasteiger partial charge on any atom is 0.199 e. The van der Waals surface area contributed by atoms with Crippen molar-refractivity contribution in [2.45, 2.75) is 12.8 Å². The van der Waals surface area contributed by atoms with Crippen LogP contribution < -0.4 is 5.43 Å². The summed E-state index contributed by atoms with van der Waals surface area (Å²) in [6.45, 7) is 0. The average Bonchev–Trinajstić information content (AvgIpc) is 2.39. The zero-order valence-corrected chi connectivity index (χ0v) is 9.47. The number of phenols is 1. The topological polar surface area (TPSA) is 67.5 Å². The van der Waals surface area contributed by atoms with E-state index in [1.807, 2.05) is 0 Å². The van der Waals surface area contributed by atoms with Crippen molar-refractivity contribution in [2.24, 2.45) is 0 Å². The Hall–Kier alpha value is -2.36. The first kappa shape index (κ1) is 10.8. The van der Waals surface area contributed by atoms with E-state index in [9.17, 15) is 14.7 Å². The number of carbonyl (C=O) groups excluding carboxylic acids is 1. The lowest BCUT2D eigenvalue weighted by molar-refractivity contribution is 0.112. The molecule has 1 aliphatic carbocycles. The number of aromatic hydroxyl groups is 1. The Morgan fingerprint density at radius 1 is 1.22 bits per heavy atom. The molecule has 0 fully saturated rings. The molecule has 0 atom stereocenters. The van der Waals surface area contributed by atoms with Crippen molar-refractivity contribution in [1.82, 2.24) is 0 Å². The van der Waals surface area contributed by atoms with Gasteiger partial charge in [0.1, 0.15) is 17.8 Å². The average molecular weight is 242 g/mol. The monoisotopic (exact) mass is 242 g/mol. The van der Waals surface area contributed by atoms with Gasteiger partial charge in [0.2, 0.25) is 0 Å². The lowest BCUT2D eigenvalue weighted by Gasteiger charge is -2.18. The van der Waals surface area contributed by atoms with Gasteiger partial charge in [0.25, 0.3) is 0 Å². The molecule has 0 saturated carbocycles. The summed E-state index contributed by atoms with van der Waals surface area (Å²) in [4.78, 5) is 22.7. The van der Waals surface area contributed by atoms with E-state index in [4.69, 9.17) is 4.42 Å². The summed E-state index contributed by atoms with van der Waals surface area (Å²) in [6, 6.07) is 5.12. The third kappa shape index (κ3) is 1.39. The molecule has 0 saturated heterocycles. The zero-order valence-electron chi connectivity index (χ0n) is 9.47. The summed E-state index contributed by atoms with van der Waals surface area (Å²) >= 11 is 0. The van der Waals surface area contributed by atoms with Crippen LogP contribution in [0.25, 0.3) is 11.3 Å². The summed E-state index contributed by atoms with van der Waals surface area (Å²) in [5, 5.41) is 9.78. The SMILES string of the molecule is O=Cc1coc2c(c1=O)CCc1c(O)cccc1-2. The molecule has 3 rings (SSSR count). The van der Waals surface area contributed by atoms with Gasteiger partial charge in [0.05, 0.1) is 5.56 Å². The molecule has 1 heterocycles. The van der Waals surface area contributed by atoms with E-state index in [1.165, 1.54) is 6.26 Å². The molecular formula is C14H10O4. The Balaban J connectivity index is 2.33. The van der Waals surface area contributed by atoms with Crippen LogP contribution in [-0.4, -0.2) is 11.4 Å². The van der Waals surface area contributed by atoms with Gasteiger partial charge in [-0.3, -0.25) is 9.59 Å². The van der Waals surface area contributed by atoms with Gasteiger partial charge < -0.3 is 9.52 Å². The van der Waals surface area contributed by atoms with Crippen LogP contribution in [0.1, 0.15) is 21.5 Å². The predicted molar refractivity (Wildman–Crippen MR) is 64.9 cm³/mol. The Morgan fingerprint density at radius 3 is 2.78 bits per heavy atom. The molecule has 0 spiro atoms. The molecule has 0 aliphatic heterocycles. The van der Waals surface area contributed by atoms with Crippen LogP contribution in [0.4, 0.5) is 0 Å². The van der Waals surface area contributed by atoms with E-state index >= 15 is 0 Å². The van der Waals surface area contributed by atoms with E-state index < -0.39 is 0 Å². The van der Waals surface area contributed by atoms with Gasteiger partial charge in [0, 0.05) is 16.7 Å². The minimum atomic E-state index is -0.278. The highest BCUT2D eigenvalue weighted by Crippen LogP contribution is 2.36. The van der Waals surface area contributed by atoms with Crippen LogP contribution in [0.3, 0.4) is 0 Å². The zero-order chi connectivity index (χ0) is 12.7. The van der Waals surface area contributed by atoms with E-state index in [1.54, 1.807) is 18.2 Å². The van der Waals surface area contributed by atoms with Crippen molar-refractivity contribution in [1.29, 1.82) is 0 Å². The van der Waals surface area contributed by atoms with Gasteiger partial charge in [-0.15, -0.1) is 0 Å². The first-order valence-corrected chi connectivity index (χ1v) is 5.63. The highest BCUT2D eigenvalue weighted by molar-refractivity contribution is 5.77. The molecule has 0 unspecified atom stereocenters. The van der Waals surface area contributed by atoms with Crippen LogP contribution >= 0.6 is 0 Å². The number of hydrogen-bond donors (Lipinski definition) is 1. The minimum Gasteiger partial charge on any atom is -0.508 e. The second kappa shape index (κ2) is 3.84. The molecule has 0 radical (unpaired) electrons. The number of fused-ring (bicyclic) bond motifs is 3. The fourth-order valence-electron chi connectivity index (χ4n) is 2.36. The van der Waals surface area contributed by atoms with Gasteiger partial charge in [-0.25, -0.2) is 0 Å². The van der Waals surface area contributed by atoms with Crippen molar-refractivity contribution in [3.8, 4) is 17.1 Å². The third-order valence-electron chi connectivity index (χ3n) is 3.26. The molecule has 1 aliphatic rings. The van der Waals surface area contributed by atoms with Gasteiger partial charge in [-0.1, -0.05) is 12.1 Å². The normalized spacial score (nSPS) is 12.7. The molecule has 0 bridgehead atoms. The maximum absolute atomic E-state index is 12.0. The van der Waals surface area contributed by atoms with Gasteiger partial charge in [-0.05, 0) is 18.9 Å². The number of rotatable bonds is 1. The Morgan fingerprint density at radius 2 is 2.00 bits per heavy atom. The first-order valence-electron chi connectivity index (χ1n) is 5.63. The standard InChI is InChI=1S/C14H10O4/c15-6-8-7-18-14-10-2-1-3-12(16)9(10)4-5-11(14)13(8)17/h1-3,6-7,16H,4-5H2. The van der Waals surface area contributed by atoms with Gasteiger partial charge >= 0.3 is 0 Å². The Kier molecular flexibility index (Phi) is 2.30. The second-order valence-corrected chi connectivity index (χ2v) is 4.25. The highest BCUT2D eigenvalue weighted by Gasteiger charge is 2.23. The summed E-state index contributed by atoms with van der Waals surface area (Å²) in [6.07, 6.45) is 2.73. The quantitative estimate of drug-likeness (QED) is 0.776. The number of aldehydes is 1. The first-order chi connectivity index (χ1) is 8.72. The predicted octanol–water partition coefficient (Wildman–Crippen LogP) is 1.92. The summed E-state index contributed by atoms with van der Waals surface area (Å²) < 4.78 is 5.39. The molecule has 90 valence electrons. The summed E-state index contributed by atoms with van der Waals surface area (Å²) in [5.74, 6) is 0.669. The van der Waals surface area contributed by atoms with E-state index in [0.29, 0.717) is 30.5 Å². The number of hydrogen-bond acceptors (Lipinski definition) is 4. The van der Waals surface area contributed by atoms with Crippen molar-refractivity contribution in [3.05, 3.63) is 51.4 Å². The van der Waals surface area contributed by atoms with E-state index in [0.717, 1.165) is 11.1 Å². The lowest BCUT2D eigenvalue weighted by Crippen LogP contribution is -2.18. The van der Waals surface area contributed by atoms with Crippen LogP contribution in [0.15, 0.2) is 33.7 Å². The molecule has 4 nitrogen and oxygen atoms in total. The minimum absolute atomic E-state index is 0.0392. The van der Waals surface area contributed by atoms with Gasteiger partial charge in [-0.2, -0.15) is 0 Å². The van der Waals surface area contributed by atoms with Crippen molar-refractivity contribution < 1.29 is 14.3 Å². The van der Waals surface area contributed by atoms with Crippen LogP contribution in [-0.2, 0) is 12.8 Å². The van der Waals surface area contributed by atoms with Gasteiger partial charge in [0.15, 0.2) is 11.7 Å². The Bertz CT molecular complexity index is 697. The fraction of sp³-hybridized carbons (Fsp3) is 0.143. The van der Waals surface area contributed by atoms with Crippen molar-refractivity contribution in [3.63, 3.8) is 0 Å². The van der Waals surface area contributed by atoms with Crippen molar-refractivity contribution in [2.75, 3.05) is 0 Å². The van der Waals surface area contributed by atoms with Crippen molar-refractivity contribution >= 4 is 6.29 Å². The second-order valence-electron chi connectivity index (χ2n) is 4.25. The van der Waals surface area contributed by atoms with Crippen LogP contribution in [0, 0.1) is 0 Å². The third-order valence-corrected chi connectivity index (χ3v) is 3.26. The van der Waals surface area contributed by atoms with Crippen LogP contribution in [0.5, 0.6) is 5.75 Å². The molecule has 18 heavy (non-hydrogen) atoms. The van der Waals surface area contributed by atoms with Crippen LogP contribution in [0.2, 0.25) is 0 Å². The lowest BCUT2D eigenvalue weighted by atomic mass is 9.89. The fourth-order valence-corrected chi connectivity index (χ4v) is 2.36. The molecule has 4 heteroatoms. The number of phenolic OH excluding ortho intramolecular Hbond substituents is 1. The molecule has 2 aromatic rings. The summed E-state index contributed by atoms with van der Waals surface area (Å²) in [7, 11) is 0. The number of carbonyl (C=O) groups is 1. The molecule has 1 aromatic heterocycles. The molecule has 0 amide bonds. The van der Waals surface area contributed by atoms with E-state index in [-0.39, 0.29) is 16.7 Å². The smallest absolute Gasteiger partial charge is 0.199 e. The molecular weight excluding hydrogens is 232 g/mol. The maximum atomic E-state index is 12.0. The Labute approximate surface area is 102 Å².